The second-order valence-electron chi connectivity index (χ2n) is 4.25. The Hall–Kier alpha value is -1.22. The molecule has 0 radical (unpaired) electrons. The van der Waals surface area contributed by atoms with Gasteiger partial charge in [0.15, 0.2) is 0 Å². The standard InChI is InChI=1S/C12H16ClNO2/c1-4-12(2,3)14(11(15)16)10-7-5-6-9(13)8-10/h5-8H,4H2,1-3H3,(H,15,16)/p-1. The van der Waals surface area contributed by atoms with Gasteiger partial charge in [-0.1, -0.05) is 24.6 Å². The molecule has 1 aromatic carbocycles. The number of hydrogen-bond donors (Lipinski definition) is 0. The Labute approximate surface area is 101 Å². The van der Waals surface area contributed by atoms with Gasteiger partial charge in [-0.25, -0.2) is 0 Å². The lowest BCUT2D eigenvalue weighted by molar-refractivity contribution is -0.247. The molecule has 0 aliphatic carbocycles. The molecule has 3 nitrogen and oxygen atoms in total. The predicted octanol–water partition coefficient (Wildman–Crippen LogP) is 2.68. The van der Waals surface area contributed by atoms with Crippen molar-refractivity contribution in [1.29, 1.82) is 0 Å². The van der Waals surface area contributed by atoms with E-state index in [0.29, 0.717) is 17.1 Å². The van der Waals surface area contributed by atoms with Crippen molar-refractivity contribution in [2.45, 2.75) is 32.7 Å². The Morgan fingerprint density at radius 3 is 2.56 bits per heavy atom. The fraction of sp³-hybridized carbons (Fsp3) is 0.417. The number of nitrogens with zero attached hydrogens (tertiary/aromatic N) is 1. The van der Waals surface area contributed by atoms with Gasteiger partial charge in [0.2, 0.25) is 0 Å². The van der Waals surface area contributed by atoms with Crippen LogP contribution in [0.1, 0.15) is 27.2 Å². The summed E-state index contributed by atoms with van der Waals surface area (Å²) in [5.41, 5.74) is 0.0307. The molecule has 0 heterocycles. The van der Waals surface area contributed by atoms with Crippen LogP contribution in [0.4, 0.5) is 10.5 Å². The molecule has 0 fully saturated rings. The SMILES string of the molecule is CCC(C)(C)N(C(=O)[O-])c1cccc(Cl)c1. The maximum Gasteiger partial charge on any atom is 0.142 e. The second kappa shape index (κ2) is 4.74. The van der Waals surface area contributed by atoms with Crippen LogP contribution in [0.2, 0.25) is 5.02 Å². The highest BCUT2D eigenvalue weighted by Gasteiger charge is 2.26. The number of hydrogen-bond acceptors (Lipinski definition) is 2. The molecular formula is C12H15ClNO2-. The molecule has 0 aliphatic rings. The van der Waals surface area contributed by atoms with E-state index in [9.17, 15) is 9.90 Å². The van der Waals surface area contributed by atoms with E-state index in [1.165, 1.54) is 4.90 Å². The summed E-state index contributed by atoms with van der Waals surface area (Å²) >= 11 is 5.85. The number of halogens is 1. The smallest absolute Gasteiger partial charge is 0.142 e. The van der Waals surface area contributed by atoms with Crippen LogP contribution < -0.4 is 10.0 Å². The maximum atomic E-state index is 11.2. The minimum absolute atomic E-state index is 0.510. The van der Waals surface area contributed by atoms with Crippen LogP contribution in [0.5, 0.6) is 0 Å². The van der Waals surface area contributed by atoms with Crippen molar-refractivity contribution >= 4 is 23.4 Å². The normalized spacial score (nSPS) is 11.2. The van der Waals surface area contributed by atoms with Crippen molar-refractivity contribution in [1.82, 2.24) is 0 Å². The maximum absolute atomic E-state index is 11.2. The summed E-state index contributed by atoms with van der Waals surface area (Å²) in [6, 6.07) is 6.75. The van der Waals surface area contributed by atoms with Gasteiger partial charge in [-0.15, -0.1) is 0 Å². The van der Waals surface area contributed by atoms with Gasteiger partial charge in [0.1, 0.15) is 6.09 Å². The summed E-state index contributed by atoms with van der Waals surface area (Å²) in [5, 5.41) is 11.7. The molecule has 1 rings (SSSR count). The summed E-state index contributed by atoms with van der Waals surface area (Å²) in [6.07, 6.45) is -0.526. The fourth-order valence-electron chi connectivity index (χ4n) is 1.48. The Morgan fingerprint density at radius 1 is 1.50 bits per heavy atom. The molecule has 0 saturated heterocycles. The summed E-state index contributed by atoms with van der Waals surface area (Å²) in [4.78, 5) is 12.4. The van der Waals surface area contributed by atoms with E-state index in [4.69, 9.17) is 11.6 Å². The molecule has 4 heteroatoms. The Balaban J connectivity index is 3.18. The van der Waals surface area contributed by atoms with Gasteiger partial charge in [-0.05, 0) is 38.5 Å². The van der Waals surface area contributed by atoms with Gasteiger partial charge in [-0.3, -0.25) is 0 Å². The van der Waals surface area contributed by atoms with E-state index in [1.807, 2.05) is 20.8 Å². The summed E-state index contributed by atoms with van der Waals surface area (Å²) in [6.45, 7) is 5.63. The van der Waals surface area contributed by atoms with Crippen LogP contribution in [0, 0.1) is 0 Å². The summed E-state index contributed by atoms with van der Waals surface area (Å²) < 4.78 is 0. The predicted molar refractivity (Wildman–Crippen MR) is 63.7 cm³/mol. The summed E-state index contributed by atoms with van der Waals surface area (Å²) in [5.74, 6) is 0. The zero-order valence-electron chi connectivity index (χ0n) is 9.66. The van der Waals surface area contributed by atoms with Crippen LogP contribution in [0.15, 0.2) is 24.3 Å². The van der Waals surface area contributed by atoms with Crippen LogP contribution in [-0.2, 0) is 0 Å². The molecule has 88 valence electrons. The van der Waals surface area contributed by atoms with Crippen molar-refractivity contribution in [3.8, 4) is 0 Å². The van der Waals surface area contributed by atoms with Gasteiger partial charge >= 0.3 is 0 Å². The largest absolute Gasteiger partial charge is 0.530 e. The lowest BCUT2D eigenvalue weighted by atomic mass is 9.99. The minimum Gasteiger partial charge on any atom is -0.530 e. The Bertz CT molecular complexity index is 390. The zero-order valence-corrected chi connectivity index (χ0v) is 10.4. The van der Waals surface area contributed by atoms with E-state index in [0.717, 1.165) is 0 Å². The molecule has 0 aliphatic heterocycles. The van der Waals surface area contributed by atoms with Crippen LogP contribution in [0.25, 0.3) is 0 Å². The number of benzene rings is 1. The van der Waals surface area contributed by atoms with Crippen molar-refractivity contribution in [3.05, 3.63) is 29.3 Å². The topological polar surface area (TPSA) is 43.4 Å². The van der Waals surface area contributed by atoms with Crippen molar-refractivity contribution < 1.29 is 9.90 Å². The van der Waals surface area contributed by atoms with E-state index >= 15 is 0 Å². The van der Waals surface area contributed by atoms with Gasteiger partial charge < -0.3 is 14.8 Å². The molecule has 0 saturated carbocycles. The molecule has 0 aromatic heterocycles. The molecule has 0 spiro atoms. The lowest BCUT2D eigenvalue weighted by Crippen LogP contribution is -2.53. The van der Waals surface area contributed by atoms with Crippen LogP contribution >= 0.6 is 11.6 Å². The van der Waals surface area contributed by atoms with E-state index in [-0.39, 0.29) is 0 Å². The van der Waals surface area contributed by atoms with Crippen molar-refractivity contribution in [3.63, 3.8) is 0 Å². The Kier molecular flexibility index (Phi) is 3.81. The molecule has 1 aromatic rings. The average Bonchev–Trinajstić information content (AvgIpc) is 2.17. The number of rotatable bonds is 3. The highest BCUT2D eigenvalue weighted by molar-refractivity contribution is 6.30. The number of amides is 1. The molecule has 0 N–H and O–H groups in total. The molecule has 0 unspecified atom stereocenters. The van der Waals surface area contributed by atoms with Gasteiger partial charge in [-0.2, -0.15) is 0 Å². The monoisotopic (exact) mass is 240 g/mol. The second-order valence-corrected chi connectivity index (χ2v) is 4.68. The third kappa shape index (κ3) is 2.67. The molecule has 0 bridgehead atoms. The van der Waals surface area contributed by atoms with E-state index in [1.54, 1.807) is 24.3 Å². The van der Waals surface area contributed by atoms with Crippen molar-refractivity contribution in [2.24, 2.45) is 0 Å². The molecule has 16 heavy (non-hydrogen) atoms. The highest BCUT2D eigenvalue weighted by Crippen LogP contribution is 2.28. The highest BCUT2D eigenvalue weighted by atomic mass is 35.5. The van der Waals surface area contributed by atoms with Gasteiger partial charge in [0, 0.05) is 16.2 Å². The molecule has 1 amide bonds. The minimum atomic E-state index is -1.21. The van der Waals surface area contributed by atoms with Crippen LogP contribution in [0.3, 0.4) is 0 Å². The van der Waals surface area contributed by atoms with Crippen LogP contribution in [-0.4, -0.2) is 11.6 Å². The van der Waals surface area contributed by atoms with Gasteiger partial charge in [0.05, 0.1) is 0 Å². The quantitative estimate of drug-likeness (QED) is 0.815. The fourth-order valence-corrected chi connectivity index (χ4v) is 1.66. The first-order valence-electron chi connectivity index (χ1n) is 5.15. The number of carbonyl (C=O) groups is 1. The summed E-state index contributed by atoms with van der Waals surface area (Å²) in [7, 11) is 0. The van der Waals surface area contributed by atoms with E-state index in [2.05, 4.69) is 0 Å². The third-order valence-corrected chi connectivity index (χ3v) is 2.95. The first-order chi connectivity index (χ1) is 7.38. The third-order valence-electron chi connectivity index (χ3n) is 2.72. The first kappa shape index (κ1) is 12.8. The van der Waals surface area contributed by atoms with E-state index < -0.39 is 11.6 Å². The molecular weight excluding hydrogens is 226 g/mol. The number of carbonyl (C=O) groups excluding carboxylic acids is 1. The average molecular weight is 241 g/mol. The molecule has 0 atom stereocenters. The Morgan fingerprint density at radius 2 is 2.12 bits per heavy atom. The zero-order chi connectivity index (χ0) is 12.3. The number of carboxylic acid groups (broad SMARTS) is 1. The number of anilines is 1. The van der Waals surface area contributed by atoms with Crippen molar-refractivity contribution in [2.75, 3.05) is 4.90 Å². The first-order valence-corrected chi connectivity index (χ1v) is 5.53. The van der Waals surface area contributed by atoms with Gasteiger partial charge in [0.25, 0.3) is 0 Å². The lowest BCUT2D eigenvalue weighted by Gasteiger charge is -2.40.